The number of nitrogens with one attached hydrogen (secondary N) is 2. The second-order valence-corrected chi connectivity index (χ2v) is 8.01. The number of piperidine rings is 1. The van der Waals surface area contributed by atoms with E-state index >= 15 is 0 Å². The van der Waals surface area contributed by atoms with E-state index in [1.54, 1.807) is 6.20 Å². The average molecular weight is 402 g/mol. The predicted molar refractivity (Wildman–Crippen MR) is 117 cm³/mol. The van der Waals surface area contributed by atoms with Crippen molar-refractivity contribution in [3.8, 4) is 11.3 Å². The number of hydrogen-bond acceptors (Lipinski definition) is 3. The molecular formula is C24H26N4O2. The molecule has 0 spiro atoms. The second-order valence-electron chi connectivity index (χ2n) is 8.01. The van der Waals surface area contributed by atoms with E-state index in [4.69, 9.17) is 0 Å². The molecule has 0 aliphatic carbocycles. The Labute approximate surface area is 176 Å². The van der Waals surface area contributed by atoms with Gasteiger partial charge < -0.3 is 10.2 Å². The first-order valence-corrected chi connectivity index (χ1v) is 10.3. The number of aromatic amines is 1. The zero-order chi connectivity index (χ0) is 21.1. The van der Waals surface area contributed by atoms with Crippen molar-refractivity contribution in [1.82, 2.24) is 15.1 Å². The molecule has 4 rings (SSSR count). The maximum Gasteiger partial charge on any atom is 0.253 e. The lowest BCUT2D eigenvalue weighted by Gasteiger charge is -2.32. The molecule has 2 N–H and O–H groups in total. The molecule has 6 nitrogen and oxygen atoms in total. The van der Waals surface area contributed by atoms with Gasteiger partial charge in [0, 0.05) is 36.1 Å². The molecule has 2 aromatic carbocycles. The van der Waals surface area contributed by atoms with Gasteiger partial charge in [0.25, 0.3) is 5.91 Å². The number of rotatable bonds is 4. The molecule has 2 amide bonds. The van der Waals surface area contributed by atoms with Crippen LogP contribution in [0, 0.1) is 19.8 Å². The average Bonchev–Trinajstić information content (AvgIpc) is 3.28. The molecule has 3 aromatic rings. The number of aryl methyl sites for hydroxylation is 2. The third-order valence-corrected chi connectivity index (χ3v) is 5.49. The SMILES string of the molecule is Cc1cc(C)cc(C(=O)N2CCCC(C(=O)Nc3cccc(-c4ccn[nH]4)c3)C2)c1. The van der Waals surface area contributed by atoms with E-state index in [9.17, 15) is 9.59 Å². The highest BCUT2D eigenvalue weighted by Gasteiger charge is 2.29. The number of H-pyrrole nitrogens is 1. The molecule has 30 heavy (non-hydrogen) atoms. The lowest BCUT2D eigenvalue weighted by atomic mass is 9.96. The minimum atomic E-state index is -0.218. The van der Waals surface area contributed by atoms with Gasteiger partial charge in [-0.2, -0.15) is 5.10 Å². The van der Waals surface area contributed by atoms with Crippen LogP contribution in [0.1, 0.15) is 34.3 Å². The van der Waals surface area contributed by atoms with Gasteiger partial charge >= 0.3 is 0 Å². The Bertz CT molecular complexity index is 1040. The van der Waals surface area contributed by atoms with Crippen LogP contribution < -0.4 is 5.32 Å². The van der Waals surface area contributed by atoms with E-state index < -0.39 is 0 Å². The van der Waals surface area contributed by atoms with E-state index in [2.05, 4.69) is 21.6 Å². The normalized spacial score (nSPS) is 16.3. The van der Waals surface area contributed by atoms with E-state index in [0.29, 0.717) is 18.7 Å². The summed E-state index contributed by atoms with van der Waals surface area (Å²) < 4.78 is 0. The molecule has 0 bridgehead atoms. The Kier molecular flexibility index (Phi) is 5.65. The predicted octanol–water partition coefficient (Wildman–Crippen LogP) is 4.18. The fourth-order valence-electron chi connectivity index (χ4n) is 4.08. The summed E-state index contributed by atoms with van der Waals surface area (Å²) in [5.74, 6) is -0.264. The maximum absolute atomic E-state index is 13.0. The van der Waals surface area contributed by atoms with Crippen LogP contribution in [0.15, 0.2) is 54.7 Å². The summed E-state index contributed by atoms with van der Waals surface area (Å²) in [6.07, 6.45) is 3.30. The number of nitrogens with zero attached hydrogens (tertiary/aromatic N) is 2. The first kappa shape index (κ1) is 19.9. The highest BCUT2D eigenvalue weighted by molar-refractivity contribution is 5.96. The molecule has 1 atom stereocenters. The minimum Gasteiger partial charge on any atom is -0.338 e. The summed E-state index contributed by atoms with van der Waals surface area (Å²) in [5, 5.41) is 9.93. The van der Waals surface area contributed by atoms with E-state index in [1.165, 1.54) is 0 Å². The first-order chi connectivity index (χ1) is 14.5. The Balaban J connectivity index is 1.44. The van der Waals surface area contributed by atoms with E-state index in [1.807, 2.05) is 61.2 Å². The molecule has 1 unspecified atom stereocenters. The zero-order valence-corrected chi connectivity index (χ0v) is 17.3. The number of carbonyl (C=O) groups excluding carboxylic acids is 2. The van der Waals surface area contributed by atoms with Crippen LogP contribution >= 0.6 is 0 Å². The van der Waals surface area contributed by atoms with Crippen molar-refractivity contribution in [3.05, 3.63) is 71.4 Å². The zero-order valence-electron chi connectivity index (χ0n) is 17.3. The highest BCUT2D eigenvalue weighted by atomic mass is 16.2. The molecule has 1 aromatic heterocycles. The molecule has 6 heteroatoms. The van der Waals surface area contributed by atoms with Crippen LogP contribution in [0.4, 0.5) is 5.69 Å². The van der Waals surface area contributed by atoms with Crippen LogP contribution in [0.25, 0.3) is 11.3 Å². The third kappa shape index (κ3) is 4.43. The number of carbonyl (C=O) groups is 2. The second kappa shape index (κ2) is 8.53. The smallest absolute Gasteiger partial charge is 0.253 e. The molecule has 0 radical (unpaired) electrons. The van der Waals surface area contributed by atoms with Crippen LogP contribution in [0.2, 0.25) is 0 Å². The van der Waals surface area contributed by atoms with Crippen molar-refractivity contribution in [3.63, 3.8) is 0 Å². The molecule has 1 saturated heterocycles. The molecule has 154 valence electrons. The van der Waals surface area contributed by atoms with Gasteiger partial charge in [0.1, 0.15) is 0 Å². The van der Waals surface area contributed by atoms with Gasteiger partial charge in [0.15, 0.2) is 0 Å². The summed E-state index contributed by atoms with van der Waals surface area (Å²) >= 11 is 0. The third-order valence-electron chi connectivity index (χ3n) is 5.49. The largest absolute Gasteiger partial charge is 0.338 e. The Morgan fingerprint density at radius 3 is 2.63 bits per heavy atom. The number of likely N-dealkylation sites (tertiary alicyclic amines) is 1. The molecule has 2 heterocycles. The highest BCUT2D eigenvalue weighted by Crippen LogP contribution is 2.24. The topological polar surface area (TPSA) is 78.1 Å². The summed E-state index contributed by atoms with van der Waals surface area (Å²) in [6.45, 7) is 5.12. The van der Waals surface area contributed by atoms with Crippen molar-refractivity contribution in [2.24, 2.45) is 5.92 Å². The van der Waals surface area contributed by atoms with E-state index in [0.717, 1.165) is 40.9 Å². The molecule has 0 saturated carbocycles. The van der Waals surface area contributed by atoms with Gasteiger partial charge in [0.2, 0.25) is 5.91 Å². The van der Waals surface area contributed by atoms with Crippen LogP contribution in [0.5, 0.6) is 0 Å². The minimum absolute atomic E-state index is 0.000502. The number of benzene rings is 2. The maximum atomic E-state index is 13.0. The monoisotopic (exact) mass is 402 g/mol. The fraction of sp³-hybridized carbons (Fsp3) is 0.292. The molecule has 1 fully saturated rings. The summed E-state index contributed by atoms with van der Waals surface area (Å²) in [4.78, 5) is 27.7. The van der Waals surface area contributed by atoms with Crippen molar-refractivity contribution in [2.45, 2.75) is 26.7 Å². The van der Waals surface area contributed by atoms with Gasteiger partial charge in [-0.05, 0) is 57.0 Å². The molecule has 1 aliphatic rings. The quantitative estimate of drug-likeness (QED) is 0.687. The summed E-state index contributed by atoms with van der Waals surface area (Å²) in [7, 11) is 0. The number of amides is 2. The number of hydrogen-bond donors (Lipinski definition) is 2. The summed E-state index contributed by atoms with van der Waals surface area (Å²) in [6, 6.07) is 15.4. The van der Waals surface area contributed by atoms with Gasteiger partial charge in [-0.25, -0.2) is 0 Å². The van der Waals surface area contributed by atoms with E-state index in [-0.39, 0.29) is 17.7 Å². The molecule has 1 aliphatic heterocycles. The van der Waals surface area contributed by atoms with Crippen molar-refractivity contribution >= 4 is 17.5 Å². The fourth-order valence-corrected chi connectivity index (χ4v) is 4.08. The van der Waals surface area contributed by atoms with Crippen molar-refractivity contribution in [2.75, 3.05) is 18.4 Å². The molecular weight excluding hydrogens is 376 g/mol. The lowest BCUT2D eigenvalue weighted by molar-refractivity contribution is -0.121. The van der Waals surface area contributed by atoms with Crippen molar-refractivity contribution in [1.29, 1.82) is 0 Å². The Morgan fingerprint density at radius 2 is 1.90 bits per heavy atom. The van der Waals surface area contributed by atoms with Crippen LogP contribution in [-0.2, 0) is 4.79 Å². The van der Waals surface area contributed by atoms with Crippen LogP contribution in [-0.4, -0.2) is 40.0 Å². The van der Waals surface area contributed by atoms with Gasteiger partial charge in [0.05, 0.1) is 11.6 Å². The lowest BCUT2D eigenvalue weighted by Crippen LogP contribution is -2.43. The number of anilines is 1. The standard InChI is InChI=1S/C24H26N4O2/c1-16-11-17(2)13-20(12-16)24(30)28-10-4-6-19(15-28)23(29)26-21-7-3-5-18(14-21)22-8-9-25-27-22/h3,5,7-9,11-14,19H,4,6,10,15H2,1-2H3,(H,25,27)(H,26,29). The Morgan fingerprint density at radius 1 is 1.10 bits per heavy atom. The Hall–Kier alpha value is -3.41. The number of aromatic nitrogens is 2. The van der Waals surface area contributed by atoms with Crippen molar-refractivity contribution < 1.29 is 9.59 Å². The van der Waals surface area contributed by atoms with Gasteiger partial charge in [-0.1, -0.05) is 29.3 Å². The van der Waals surface area contributed by atoms with Gasteiger partial charge in [-0.15, -0.1) is 0 Å². The van der Waals surface area contributed by atoms with Crippen LogP contribution in [0.3, 0.4) is 0 Å². The summed E-state index contributed by atoms with van der Waals surface area (Å²) in [5.41, 5.74) is 5.43. The van der Waals surface area contributed by atoms with Gasteiger partial charge in [-0.3, -0.25) is 14.7 Å². The first-order valence-electron chi connectivity index (χ1n) is 10.3.